The van der Waals surface area contributed by atoms with E-state index < -0.39 is 17.3 Å². The minimum atomic E-state index is -0.824. The second-order valence-corrected chi connectivity index (χ2v) is 7.81. The monoisotopic (exact) mass is 441 g/mol. The van der Waals surface area contributed by atoms with E-state index in [2.05, 4.69) is 54.7 Å². The molecular weight excluding hydrogens is 420 g/mol. The quantitative estimate of drug-likeness (QED) is 0.231. The van der Waals surface area contributed by atoms with Crippen molar-refractivity contribution in [2.75, 3.05) is 0 Å². The van der Waals surface area contributed by atoms with Crippen LogP contribution in [0.25, 0.3) is 11.1 Å². The van der Waals surface area contributed by atoms with E-state index in [9.17, 15) is 8.78 Å². The van der Waals surface area contributed by atoms with Gasteiger partial charge in [0.1, 0.15) is 5.69 Å². The maximum absolute atomic E-state index is 13.9. The van der Waals surface area contributed by atoms with E-state index in [0.717, 1.165) is 47.2 Å². The molecule has 0 bridgehead atoms. The van der Waals surface area contributed by atoms with Gasteiger partial charge >= 0.3 is 0 Å². The zero-order chi connectivity index (χ0) is 22.9. The summed E-state index contributed by atoms with van der Waals surface area (Å²) in [5.74, 6) is 11.1. The predicted octanol–water partition coefficient (Wildman–Crippen LogP) is 7.55. The van der Waals surface area contributed by atoms with Gasteiger partial charge in [-0.25, -0.2) is 8.78 Å². The number of nitrogens with zero attached hydrogens (tertiary/aromatic N) is 1. The molecule has 0 amide bonds. The number of isothiocyanates is 1. The first kappa shape index (κ1) is 23.1. The summed E-state index contributed by atoms with van der Waals surface area (Å²) in [5.41, 5.74) is 3.63. The molecule has 4 heteroatoms. The Bertz CT molecular complexity index is 1240. The first-order valence-corrected chi connectivity index (χ1v) is 10.7. The van der Waals surface area contributed by atoms with E-state index in [1.54, 1.807) is 0 Å². The lowest BCUT2D eigenvalue weighted by Crippen LogP contribution is -1.86. The molecule has 158 valence electrons. The molecule has 0 fully saturated rings. The third-order valence-corrected chi connectivity index (χ3v) is 4.80. The SMILES string of the molecule is CC(C)CCC#Cc1ccc(-c2ccc(C#Cc3cc(F)c(N=C=S)c(F)c3)cc2)cc1. The van der Waals surface area contributed by atoms with Crippen molar-refractivity contribution in [2.24, 2.45) is 10.9 Å². The predicted molar refractivity (Wildman–Crippen MR) is 130 cm³/mol. The van der Waals surface area contributed by atoms with E-state index in [-0.39, 0.29) is 5.56 Å². The Morgan fingerprint density at radius 3 is 1.78 bits per heavy atom. The molecule has 3 aromatic carbocycles. The smallest absolute Gasteiger partial charge is 0.153 e. The van der Waals surface area contributed by atoms with Crippen molar-refractivity contribution in [3.05, 3.63) is 89.0 Å². The van der Waals surface area contributed by atoms with Gasteiger partial charge < -0.3 is 0 Å². The lowest BCUT2D eigenvalue weighted by atomic mass is 10.0. The largest absolute Gasteiger partial charge is 0.204 e. The molecular formula is C28H21F2NS. The Balaban J connectivity index is 1.71. The minimum absolute atomic E-state index is 0.220. The highest BCUT2D eigenvalue weighted by atomic mass is 32.1. The van der Waals surface area contributed by atoms with Gasteiger partial charge in [-0.2, -0.15) is 4.99 Å². The number of hydrogen-bond donors (Lipinski definition) is 0. The van der Waals surface area contributed by atoms with Crippen molar-refractivity contribution in [3.8, 4) is 34.8 Å². The fourth-order valence-corrected chi connectivity index (χ4v) is 3.04. The van der Waals surface area contributed by atoms with Crippen LogP contribution in [-0.4, -0.2) is 5.16 Å². The molecule has 0 spiro atoms. The summed E-state index contributed by atoms with van der Waals surface area (Å²) in [6, 6.07) is 18.1. The van der Waals surface area contributed by atoms with Crippen molar-refractivity contribution in [1.82, 2.24) is 0 Å². The van der Waals surface area contributed by atoms with Gasteiger partial charge in [-0.15, -0.1) is 0 Å². The molecule has 32 heavy (non-hydrogen) atoms. The maximum atomic E-state index is 13.9. The molecule has 3 rings (SSSR count). The Labute approximate surface area is 193 Å². The summed E-state index contributed by atoms with van der Waals surface area (Å²) in [7, 11) is 0. The van der Waals surface area contributed by atoms with E-state index in [1.807, 2.05) is 53.7 Å². The molecule has 0 unspecified atom stereocenters. The van der Waals surface area contributed by atoms with Crippen molar-refractivity contribution in [1.29, 1.82) is 0 Å². The van der Waals surface area contributed by atoms with Crippen LogP contribution in [-0.2, 0) is 0 Å². The molecule has 0 aromatic heterocycles. The van der Waals surface area contributed by atoms with E-state index >= 15 is 0 Å². The van der Waals surface area contributed by atoms with Gasteiger partial charge in [-0.1, -0.05) is 61.8 Å². The summed E-state index contributed by atoms with van der Waals surface area (Å²) >= 11 is 4.40. The Morgan fingerprint density at radius 1 is 0.781 bits per heavy atom. The maximum Gasteiger partial charge on any atom is 0.153 e. The molecule has 0 aliphatic carbocycles. The Kier molecular flexibility index (Phi) is 8.07. The summed E-state index contributed by atoms with van der Waals surface area (Å²) in [4.78, 5) is 3.39. The molecule has 0 aliphatic rings. The lowest BCUT2D eigenvalue weighted by Gasteiger charge is -2.02. The van der Waals surface area contributed by atoms with Crippen LogP contribution in [0.2, 0.25) is 0 Å². The van der Waals surface area contributed by atoms with E-state index in [0.29, 0.717) is 5.92 Å². The normalized spacial score (nSPS) is 9.91. The number of thiocarbonyl (C=S) groups is 1. The van der Waals surface area contributed by atoms with Crippen LogP contribution in [0.5, 0.6) is 0 Å². The van der Waals surface area contributed by atoms with Crippen LogP contribution in [0.4, 0.5) is 14.5 Å². The van der Waals surface area contributed by atoms with Crippen molar-refractivity contribution in [2.45, 2.75) is 26.7 Å². The topological polar surface area (TPSA) is 12.4 Å². The Hall–Kier alpha value is -3.56. The van der Waals surface area contributed by atoms with Crippen LogP contribution in [0.15, 0.2) is 65.7 Å². The molecule has 0 heterocycles. The number of benzene rings is 3. The second kappa shape index (κ2) is 11.2. The van der Waals surface area contributed by atoms with Crippen LogP contribution in [0.1, 0.15) is 43.4 Å². The van der Waals surface area contributed by atoms with Gasteiger partial charge in [0.2, 0.25) is 0 Å². The molecule has 1 nitrogen and oxygen atoms in total. The molecule has 0 saturated carbocycles. The fraction of sp³-hybridized carbons (Fsp3) is 0.179. The van der Waals surface area contributed by atoms with Crippen molar-refractivity contribution >= 4 is 23.1 Å². The van der Waals surface area contributed by atoms with Gasteiger partial charge in [-0.3, -0.25) is 0 Å². The number of hydrogen-bond acceptors (Lipinski definition) is 2. The van der Waals surface area contributed by atoms with E-state index in [4.69, 9.17) is 0 Å². The highest BCUT2D eigenvalue weighted by molar-refractivity contribution is 7.78. The zero-order valence-corrected chi connectivity index (χ0v) is 18.7. The van der Waals surface area contributed by atoms with Gasteiger partial charge in [-0.05, 0) is 72.1 Å². The summed E-state index contributed by atoms with van der Waals surface area (Å²) in [6.07, 6.45) is 2.02. The van der Waals surface area contributed by atoms with Crippen LogP contribution in [0, 0.1) is 41.2 Å². The van der Waals surface area contributed by atoms with Crippen LogP contribution in [0.3, 0.4) is 0 Å². The van der Waals surface area contributed by atoms with E-state index in [1.165, 1.54) is 0 Å². The Morgan fingerprint density at radius 2 is 1.28 bits per heavy atom. The molecule has 0 N–H and O–H groups in total. The first-order chi connectivity index (χ1) is 15.5. The number of aliphatic imine (C=N–C) groups is 1. The highest BCUT2D eigenvalue weighted by Crippen LogP contribution is 2.23. The summed E-state index contributed by atoms with van der Waals surface area (Å²) in [6.45, 7) is 4.39. The zero-order valence-electron chi connectivity index (χ0n) is 17.9. The molecule has 0 atom stereocenters. The third kappa shape index (κ3) is 6.47. The van der Waals surface area contributed by atoms with Gasteiger partial charge in [0.15, 0.2) is 11.6 Å². The molecule has 0 aliphatic heterocycles. The van der Waals surface area contributed by atoms with Gasteiger partial charge in [0.05, 0.1) is 5.16 Å². The summed E-state index contributed by atoms with van der Waals surface area (Å²) in [5, 5.41) is 1.97. The lowest BCUT2D eigenvalue weighted by molar-refractivity contribution is 0.587. The standard InChI is InChI=1S/C28H21F2NS/c1-20(2)5-3-4-6-21-9-13-24(14-10-21)25-15-11-22(12-16-25)7-8-23-17-26(29)28(31-19-32)27(30)18-23/h9-18,20H,3,5H2,1-2H3. The van der Waals surface area contributed by atoms with Crippen molar-refractivity contribution in [3.63, 3.8) is 0 Å². The van der Waals surface area contributed by atoms with Gasteiger partial charge in [0.25, 0.3) is 0 Å². The molecule has 0 radical (unpaired) electrons. The van der Waals surface area contributed by atoms with Crippen LogP contribution >= 0.6 is 12.2 Å². The average Bonchev–Trinajstić information content (AvgIpc) is 2.78. The highest BCUT2D eigenvalue weighted by Gasteiger charge is 2.09. The minimum Gasteiger partial charge on any atom is -0.204 e. The molecule has 3 aromatic rings. The van der Waals surface area contributed by atoms with Crippen molar-refractivity contribution < 1.29 is 8.78 Å². The van der Waals surface area contributed by atoms with Crippen LogP contribution < -0.4 is 0 Å². The average molecular weight is 442 g/mol. The number of halogens is 2. The number of rotatable bonds is 4. The fourth-order valence-electron chi connectivity index (χ4n) is 2.95. The summed E-state index contributed by atoms with van der Waals surface area (Å²) < 4.78 is 27.8. The molecule has 0 saturated heterocycles. The van der Waals surface area contributed by atoms with Gasteiger partial charge in [0, 0.05) is 23.1 Å². The second-order valence-electron chi connectivity index (χ2n) is 7.63. The third-order valence-electron chi connectivity index (χ3n) is 4.71. The first-order valence-electron chi connectivity index (χ1n) is 10.2.